The zero-order valence-electron chi connectivity index (χ0n) is 39.5. The minimum Gasteiger partial charge on any atom is -0.373 e. The number of Topliss-reactive ketones (excluding diaryl/α,β-unsaturated/α-hetero) is 1. The molecule has 1 spiro atoms. The van der Waals surface area contributed by atoms with Gasteiger partial charge in [-0.25, -0.2) is 15.0 Å². The summed E-state index contributed by atoms with van der Waals surface area (Å²) in [7, 11) is 5.55. The van der Waals surface area contributed by atoms with Crippen LogP contribution < -0.4 is 36.6 Å². The van der Waals surface area contributed by atoms with Gasteiger partial charge in [0.15, 0.2) is 17.4 Å². The number of ketones is 1. The van der Waals surface area contributed by atoms with Crippen LogP contribution in [0.5, 0.6) is 0 Å². The summed E-state index contributed by atoms with van der Waals surface area (Å²) in [6.45, 7) is 12.2. The number of carbonyl (C=O) groups excluding carboxylic acids is 3. The molecule has 0 radical (unpaired) electrons. The first-order valence-electron chi connectivity index (χ1n) is 23.3. The molecule has 2 saturated heterocycles. The lowest BCUT2D eigenvalue weighted by Gasteiger charge is -2.59. The number of fused-ring (bicyclic) bond motifs is 1. The van der Waals surface area contributed by atoms with Gasteiger partial charge in [-0.05, 0) is 95.3 Å². The zero-order chi connectivity index (χ0) is 47.2. The Hall–Kier alpha value is -6.76. The second kappa shape index (κ2) is 18.1. The molecule has 2 saturated carbocycles. The Kier molecular flexibility index (Phi) is 12.3. The molecule has 2 amide bonds. The predicted molar refractivity (Wildman–Crippen MR) is 260 cm³/mol. The highest BCUT2D eigenvalue weighted by molar-refractivity contribution is 6.07. The average molecular weight is 912 g/mol. The first kappa shape index (κ1) is 45.4. The Morgan fingerprint density at radius 3 is 2.28 bits per heavy atom. The normalized spacial score (nSPS) is 18.1. The van der Waals surface area contributed by atoms with Gasteiger partial charge in [-0.3, -0.25) is 28.6 Å². The van der Waals surface area contributed by atoms with E-state index in [1.165, 1.54) is 6.92 Å². The second-order valence-corrected chi connectivity index (χ2v) is 19.6. The van der Waals surface area contributed by atoms with Crippen LogP contribution in [0.1, 0.15) is 98.0 Å². The maximum absolute atomic E-state index is 13.6. The van der Waals surface area contributed by atoms with E-state index in [0.29, 0.717) is 70.2 Å². The SMILES string of the molecule is CNc1ccc(C(=O)Nc2ccc(N(C)C)nn2)c(NC2CC3(C2)CN(C(=O)CCN2CCN(c4ccc(Nc5ncc6c(C)c(C(C)=O)c(=O)n(C7CCCC7)c6n5)nc4)CC2(C)C)C3)n1. The summed E-state index contributed by atoms with van der Waals surface area (Å²) in [4.78, 5) is 80.3. The van der Waals surface area contributed by atoms with Gasteiger partial charge in [0.2, 0.25) is 11.9 Å². The molecule has 4 fully saturated rings. The number of aromatic nitrogens is 7. The Morgan fingerprint density at radius 1 is 0.881 bits per heavy atom. The Bertz CT molecular complexity index is 2740. The van der Waals surface area contributed by atoms with Crippen LogP contribution in [-0.2, 0) is 4.79 Å². The lowest BCUT2D eigenvalue weighted by Crippen LogP contribution is -2.66. The number of pyridine rings is 3. The van der Waals surface area contributed by atoms with E-state index in [4.69, 9.17) is 9.97 Å². The van der Waals surface area contributed by atoms with Crippen LogP contribution in [0.25, 0.3) is 11.0 Å². The quantitative estimate of drug-likeness (QED) is 0.101. The average Bonchev–Trinajstić information content (AvgIpc) is 3.81. The van der Waals surface area contributed by atoms with E-state index in [-0.39, 0.29) is 51.8 Å². The van der Waals surface area contributed by atoms with Crippen molar-refractivity contribution in [2.75, 3.05) is 91.5 Å². The molecule has 67 heavy (non-hydrogen) atoms. The number of hydrogen-bond donors (Lipinski definition) is 4. The van der Waals surface area contributed by atoms with E-state index in [1.807, 2.05) is 42.2 Å². The van der Waals surface area contributed by atoms with Crippen molar-refractivity contribution in [2.24, 2.45) is 5.41 Å². The summed E-state index contributed by atoms with van der Waals surface area (Å²) in [5, 5.41) is 21.6. The molecule has 0 atom stereocenters. The smallest absolute Gasteiger partial charge is 0.263 e. The molecule has 19 nitrogen and oxygen atoms in total. The Balaban J connectivity index is 0.749. The third kappa shape index (κ3) is 9.20. The Morgan fingerprint density at radius 2 is 1.63 bits per heavy atom. The summed E-state index contributed by atoms with van der Waals surface area (Å²) < 4.78 is 1.71. The number of piperazine rings is 1. The van der Waals surface area contributed by atoms with Crippen molar-refractivity contribution < 1.29 is 14.4 Å². The van der Waals surface area contributed by atoms with Crippen LogP contribution in [0, 0.1) is 12.3 Å². The van der Waals surface area contributed by atoms with Crippen molar-refractivity contribution in [3.63, 3.8) is 0 Å². The highest BCUT2D eigenvalue weighted by atomic mass is 16.2. The van der Waals surface area contributed by atoms with Crippen molar-refractivity contribution in [1.29, 1.82) is 0 Å². The molecule has 2 aliphatic carbocycles. The molecule has 4 N–H and O–H groups in total. The fraction of sp³-hybridized carbons (Fsp3) is 0.500. The van der Waals surface area contributed by atoms with E-state index in [9.17, 15) is 19.2 Å². The predicted octanol–water partition coefficient (Wildman–Crippen LogP) is 5.50. The van der Waals surface area contributed by atoms with Crippen LogP contribution in [0.2, 0.25) is 0 Å². The van der Waals surface area contributed by atoms with Gasteiger partial charge in [-0.1, -0.05) is 12.8 Å². The van der Waals surface area contributed by atoms with Gasteiger partial charge in [-0.15, -0.1) is 10.2 Å². The number of anilines is 7. The van der Waals surface area contributed by atoms with Gasteiger partial charge < -0.3 is 36.0 Å². The zero-order valence-corrected chi connectivity index (χ0v) is 39.5. The van der Waals surface area contributed by atoms with Gasteiger partial charge in [0.25, 0.3) is 11.5 Å². The number of carbonyl (C=O) groups is 3. The first-order valence-corrected chi connectivity index (χ1v) is 23.3. The van der Waals surface area contributed by atoms with E-state index in [0.717, 1.165) is 76.9 Å². The van der Waals surface area contributed by atoms with Crippen molar-refractivity contribution in [3.8, 4) is 0 Å². The van der Waals surface area contributed by atoms with Gasteiger partial charge >= 0.3 is 0 Å². The number of aryl methyl sites for hydroxylation is 1. The molecule has 9 rings (SSSR count). The van der Waals surface area contributed by atoms with E-state index < -0.39 is 0 Å². The maximum atomic E-state index is 13.6. The van der Waals surface area contributed by atoms with Crippen LogP contribution in [0.4, 0.5) is 40.7 Å². The van der Waals surface area contributed by atoms with Crippen LogP contribution >= 0.6 is 0 Å². The van der Waals surface area contributed by atoms with Crippen LogP contribution in [0.15, 0.2) is 53.6 Å². The lowest BCUT2D eigenvalue weighted by atomic mass is 9.60. The number of nitrogens with one attached hydrogen (secondary N) is 4. The lowest BCUT2D eigenvalue weighted by molar-refractivity contribution is -0.151. The van der Waals surface area contributed by atoms with Crippen molar-refractivity contribution in [2.45, 2.75) is 90.3 Å². The van der Waals surface area contributed by atoms with E-state index >= 15 is 0 Å². The van der Waals surface area contributed by atoms with E-state index in [2.05, 4.69) is 65.1 Å². The summed E-state index contributed by atoms with van der Waals surface area (Å²) in [6, 6.07) is 11.1. The van der Waals surface area contributed by atoms with Gasteiger partial charge in [-0.2, -0.15) is 4.98 Å². The van der Waals surface area contributed by atoms with Crippen molar-refractivity contribution >= 4 is 69.4 Å². The standard InChI is InChI=1S/C48H61N15O4/c1-29-35-25-51-46(56-43(35)63(32-10-8-9-11-32)45(67)41(29)30(2)64)55-37-14-12-33(24-50-37)60-20-21-62(47(3,4)26-60)19-18-40(65)61-27-48(28-61)22-31(23-48)52-42-34(13-15-36(49-5)53-42)44(66)54-38-16-17-39(58-57-38)59(6)7/h12-17,24-25,31-32H,8-11,18-23,26-28H2,1-7H3,(H2,49,52,53)(H,54,57,66)(H,50,51,55,56). The molecule has 19 heteroatoms. The van der Waals surface area contributed by atoms with Crippen LogP contribution in [0.3, 0.4) is 0 Å². The number of likely N-dealkylation sites (tertiary alicyclic amines) is 1. The largest absolute Gasteiger partial charge is 0.373 e. The number of amides is 2. The number of hydrogen-bond acceptors (Lipinski definition) is 16. The topological polar surface area (TPSA) is 212 Å². The fourth-order valence-electron chi connectivity index (χ4n) is 10.5. The van der Waals surface area contributed by atoms with Crippen molar-refractivity contribution in [3.05, 3.63) is 75.8 Å². The van der Waals surface area contributed by atoms with Gasteiger partial charge in [0.05, 0.1) is 23.0 Å². The van der Waals surface area contributed by atoms with Crippen molar-refractivity contribution in [1.82, 2.24) is 44.5 Å². The molecule has 5 aromatic rings. The summed E-state index contributed by atoms with van der Waals surface area (Å²) in [5.41, 5.74) is 2.41. The molecular weight excluding hydrogens is 851 g/mol. The van der Waals surface area contributed by atoms with Gasteiger partial charge in [0.1, 0.15) is 23.1 Å². The maximum Gasteiger partial charge on any atom is 0.263 e. The molecule has 0 aromatic carbocycles. The monoisotopic (exact) mass is 912 g/mol. The number of rotatable bonds is 14. The minimum atomic E-state index is -0.325. The fourth-order valence-corrected chi connectivity index (χ4v) is 10.5. The third-order valence-corrected chi connectivity index (χ3v) is 14.1. The minimum absolute atomic E-state index is 0.00144. The molecule has 352 valence electrons. The summed E-state index contributed by atoms with van der Waals surface area (Å²) in [6.07, 6.45) is 9.62. The molecule has 0 bridgehead atoms. The molecule has 0 unspecified atom stereocenters. The summed E-state index contributed by atoms with van der Waals surface area (Å²) in [5.74, 6) is 2.73. The number of nitrogens with zero attached hydrogens (tertiary/aromatic N) is 11. The first-order chi connectivity index (χ1) is 32.1. The molecule has 2 aliphatic heterocycles. The van der Waals surface area contributed by atoms with Gasteiger partial charge in [0, 0.05) is 101 Å². The highest BCUT2D eigenvalue weighted by Gasteiger charge is 2.54. The third-order valence-electron chi connectivity index (χ3n) is 14.1. The molecule has 5 aromatic heterocycles. The Labute approximate surface area is 390 Å². The molecule has 4 aliphatic rings. The summed E-state index contributed by atoms with van der Waals surface area (Å²) >= 11 is 0. The van der Waals surface area contributed by atoms with E-state index in [1.54, 1.807) is 49.0 Å². The highest BCUT2D eigenvalue weighted by Crippen LogP contribution is 2.49. The van der Waals surface area contributed by atoms with Crippen LogP contribution in [-0.4, -0.2) is 134 Å². The second-order valence-electron chi connectivity index (χ2n) is 19.6. The molecular formula is C48H61N15O4. The molecule has 7 heterocycles.